The molecule has 2 rings (SSSR count). The van der Waals surface area contributed by atoms with Crippen molar-refractivity contribution in [2.45, 2.75) is 51.7 Å². The largest absolute Gasteiger partial charge is 0.492 e. The summed E-state index contributed by atoms with van der Waals surface area (Å²) < 4.78 is 12.7. The maximum atomic E-state index is 5.94. The van der Waals surface area contributed by atoms with Gasteiger partial charge in [0.15, 0.2) is 0 Å². The molecular weight excluding hydrogens is 330 g/mol. The number of hydrogen-bond acceptors (Lipinski definition) is 3. The zero-order chi connectivity index (χ0) is 15.2. The number of rotatable bonds is 7. The fourth-order valence-corrected chi connectivity index (χ4v) is 3.06. The highest BCUT2D eigenvalue weighted by Crippen LogP contribution is 2.29. The quantitative estimate of drug-likeness (QED) is 0.746. The van der Waals surface area contributed by atoms with Crippen LogP contribution < -0.4 is 10.1 Å². The SMILES string of the molecule is CC(C)c1cc(Br)ccc1OCCNC(C)C1CCCO1. The van der Waals surface area contributed by atoms with Gasteiger partial charge in [0.25, 0.3) is 0 Å². The Labute approximate surface area is 136 Å². The van der Waals surface area contributed by atoms with Crippen LogP contribution in [0.25, 0.3) is 0 Å². The molecule has 0 spiro atoms. The number of nitrogens with one attached hydrogen (secondary N) is 1. The lowest BCUT2D eigenvalue weighted by Crippen LogP contribution is -2.39. The Morgan fingerprint density at radius 2 is 2.19 bits per heavy atom. The van der Waals surface area contributed by atoms with Crippen LogP contribution in [0.5, 0.6) is 5.75 Å². The van der Waals surface area contributed by atoms with Crippen molar-refractivity contribution < 1.29 is 9.47 Å². The fraction of sp³-hybridized carbons (Fsp3) is 0.647. The summed E-state index contributed by atoms with van der Waals surface area (Å²) >= 11 is 3.52. The third-order valence-electron chi connectivity index (χ3n) is 3.94. The van der Waals surface area contributed by atoms with E-state index >= 15 is 0 Å². The Morgan fingerprint density at radius 3 is 2.86 bits per heavy atom. The van der Waals surface area contributed by atoms with Crippen LogP contribution in [0.1, 0.15) is 45.1 Å². The van der Waals surface area contributed by atoms with E-state index < -0.39 is 0 Å². The predicted octanol–water partition coefficient (Wildman–Crippen LogP) is 4.11. The van der Waals surface area contributed by atoms with Gasteiger partial charge in [0.1, 0.15) is 12.4 Å². The Hall–Kier alpha value is -0.580. The average molecular weight is 356 g/mol. The average Bonchev–Trinajstić information content (AvgIpc) is 2.98. The van der Waals surface area contributed by atoms with Crippen molar-refractivity contribution in [1.29, 1.82) is 0 Å². The molecule has 0 aromatic heterocycles. The highest BCUT2D eigenvalue weighted by atomic mass is 79.9. The summed E-state index contributed by atoms with van der Waals surface area (Å²) in [4.78, 5) is 0. The Balaban J connectivity index is 1.78. The van der Waals surface area contributed by atoms with Crippen LogP contribution in [0, 0.1) is 0 Å². The van der Waals surface area contributed by atoms with E-state index in [4.69, 9.17) is 9.47 Å². The van der Waals surface area contributed by atoms with Gasteiger partial charge in [-0.15, -0.1) is 0 Å². The van der Waals surface area contributed by atoms with Gasteiger partial charge < -0.3 is 14.8 Å². The van der Waals surface area contributed by atoms with Gasteiger partial charge in [-0.1, -0.05) is 29.8 Å². The molecule has 3 nitrogen and oxygen atoms in total. The summed E-state index contributed by atoms with van der Waals surface area (Å²) in [5.41, 5.74) is 1.25. The summed E-state index contributed by atoms with van der Waals surface area (Å²) in [5, 5.41) is 3.50. The summed E-state index contributed by atoms with van der Waals surface area (Å²) in [5.74, 6) is 1.44. The second-order valence-corrected chi connectivity index (χ2v) is 6.90. The molecule has 0 saturated carbocycles. The first-order valence-corrected chi connectivity index (χ1v) is 8.64. The standard InChI is InChI=1S/C17H26BrNO2/c1-12(2)15-11-14(18)6-7-17(15)21-10-8-19-13(3)16-5-4-9-20-16/h6-7,11-13,16,19H,4-5,8-10H2,1-3H3. The minimum absolute atomic E-state index is 0.365. The predicted molar refractivity (Wildman–Crippen MR) is 90.2 cm³/mol. The molecule has 118 valence electrons. The molecule has 0 amide bonds. The van der Waals surface area contributed by atoms with E-state index in [1.54, 1.807) is 0 Å². The Bertz CT molecular complexity index is 444. The summed E-state index contributed by atoms with van der Waals surface area (Å²) in [7, 11) is 0. The number of hydrogen-bond donors (Lipinski definition) is 1. The van der Waals surface area contributed by atoms with Crippen molar-refractivity contribution in [2.75, 3.05) is 19.8 Å². The molecule has 1 aliphatic rings. The smallest absolute Gasteiger partial charge is 0.122 e. The van der Waals surface area contributed by atoms with Crippen LogP contribution in [0.2, 0.25) is 0 Å². The second kappa shape index (κ2) is 8.16. The fourth-order valence-electron chi connectivity index (χ4n) is 2.68. The van der Waals surface area contributed by atoms with E-state index in [1.807, 2.05) is 12.1 Å². The molecule has 1 aliphatic heterocycles. The highest BCUT2D eigenvalue weighted by Gasteiger charge is 2.21. The third-order valence-corrected chi connectivity index (χ3v) is 4.44. The Kier molecular flexibility index (Phi) is 6.52. The molecule has 21 heavy (non-hydrogen) atoms. The molecule has 1 fully saturated rings. The van der Waals surface area contributed by atoms with Gasteiger partial charge in [0.05, 0.1) is 6.10 Å². The van der Waals surface area contributed by atoms with Crippen LogP contribution >= 0.6 is 15.9 Å². The molecule has 1 aromatic carbocycles. The molecule has 1 N–H and O–H groups in total. The highest BCUT2D eigenvalue weighted by molar-refractivity contribution is 9.10. The van der Waals surface area contributed by atoms with E-state index in [0.29, 0.717) is 24.7 Å². The monoisotopic (exact) mass is 355 g/mol. The molecule has 0 bridgehead atoms. The molecule has 2 unspecified atom stereocenters. The van der Waals surface area contributed by atoms with Crippen molar-refractivity contribution in [3.63, 3.8) is 0 Å². The first kappa shape index (κ1) is 16.8. The van der Waals surface area contributed by atoms with Crippen molar-refractivity contribution in [3.8, 4) is 5.75 Å². The lowest BCUT2D eigenvalue weighted by molar-refractivity contribution is 0.0824. The van der Waals surface area contributed by atoms with Crippen LogP contribution in [0.15, 0.2) is 22.7 Å². The summed E-state index contributed by atoms with van der Waals surface area (Å²) in [6.45, 7) is 8.99. The van der Waals surface area contributed by atoms with Crippen molar-refractivity contribution in [3.05, 3.63) is 28.2 Å². The van der Waals surface area contributed by atoms with Gasteiger partial charge >= 0.3 is 0 Å². The maximum absolute atomic E-state index is 5.94. The second-order valence-electron chi connectivity index (χ2n) is 5.98. The molecule has 1 aromatic rings. The normalized spacial score (nSPS) is 20.0. The van der Waals surface area contributed by atoms with Gasteiger partial charge in [-0.2, -0.15) is 0 Å². The van der Waals surface area contributed by atoms with Crippen LogP contribution in [-0.4, -0.2) is 31.9 Å². The summed E-state index contributed by atoms with van der Waals surface area (Å²) in [6, 6.07) is 6.61. The van der Waals surface area contributed by atoms with Gasteiger partial charge in [-0.25, -0.2) is 0 Å². The van der Waals surface area contributed by atoms with Crippen LogP contribution in [-0.2, 0) is 4.74 Å². The minimum Gasteiger partial charge on any atom is -0.492 e. The number of halogens is 1. The molecule has 0 radical (unpaired) electrons. The third kappa shape index (κ3) is 4.97. The minimum atomic E-state index is 0.365. The maximum Gasteiger partial charge on any atom is 0.122 e. The van der Waals surface area contributed by atoms with Gasteiger partial charge in [-0.3, -0.25) is 0 Å². The van der Waals surface area contributed by atoms with E-state index in [9.17, 15) is 0 Å². The van der Waals surface area contributed by atoms with Crippen LogP contribution in [0.4, 0.5) is 0 Å². The topological polar surface area (TPSA) is 30.5 Å². The molecular formula is C17H26BrNO2. The van der Waals surface area contributed by atoms with Crippen molar-refractivity contribution in [2.24, 2.45) is 0 Å². The number of benzene rings is 1. The van der Waals surface area contributed by atoms with Crippen molar-refractivity contribution in [1.82, 2.24) is 5.32 Å². The first-order chi connectivity index (χ1) is 10.1. The zero-order valence-corrected chi connectivity index (χ0v) is 14.8. The van der Waals surface area contributed by atoms with E-state index in [1.165, 1.54) is 18.4 Å². The molecule has 1 saturated heterocycles. The Morgan fingerprint density at radius 1 is 1.38 bits per heavy atom. The molecule has 0 aliphatic carbocycles. The molecule has 4 heteroatoms. The van der Waals surface area contributed by atoms with Crippen LogP contribution in [0.3, 0.4) is 0 Å². The van der Waals surface area contributed by atoms with E-state index in [-0.39, 0.29) is 0 Å². The van der Waals surface area contributed by atoms with E-state index in [2.05, 4.69) is 48.1 Å². The lowest BCUT2D eigenvalue weighted by atomic mass is 10.0. The first-order valence-electron chi connectivity index (χ1n) is 7.85. The van der Waals surface area contributed by atoms with Gasteiger partial charge in [-0.05, 0) is 49.4 Å². The lowest BCUT2D eigenvalue weighted by Gasteiger charge is -2.20. The molecule has 1 heterocycles. The van der Waals surface area contributed by atoms with E-state index in [0.717, 1.165) is 23.4 Å². The summed E-state index contributed by atoms with van der Waals surface area (Å²) in [6.07, 6.45) is 2.71. The van der Waals surface area contributed by atoms with Crippen molar-refractivity contribution >= 4 is 15.9 Å². The number of ether oxygens (including phenoxy) is 2. The zero-order valence-electron chi connectivity index (χ0n) is 13.2. The van der Waals surface area contributed by atoms with Gasteiger partial charge in [0.2, 0.25) is 0 Å². The van der Waals surface area contributed by atoms with Gasteiger partial charge in [0, 0.05) is 23.7 Å². The molecule has 2 atom stereocenters.